The molecule has 26 heavy (non-hydrogen) atoms. The molecule has 2 saturated carbocycles. The van der Waals surface area contributed by atoms with Crippen molar-refractivity contribution < 1.29 is 18.2 Å². The number of fused-ring (bicyclic) bond motifs is 2. The van der Waals surface area contributed by atoms with E-state index >= 15 is 0 Å². The predicted octanol–water partition coefficient (Wildman–Crippen LogP) is 2.70. The van der Waals surface area contributed by atoms with Crippen LogP contribution in [0.1, 0.15) is 31.2 Å². The van der Waals surface area contributed by atoms with Crippen molar-refractivity contribution in [3.63, 3.8) is 0 Å². The molecular formula is C18H24F3N4S+. The van der Waals surface area contributed by atoms with Gasteiger partial charge in [-0.05, 0) is 49.4 Å². The average molecular weight is 385 g/mol. The van der Waals surface area contributed by atoms with Crippen LogP contribution in [0.2, 0.25) is 0 Å². The number of H-pyrrole nitrogens is 1. The van der Waals surface area contributed by atoms with Crippen molar-refractivity contribution in [1.82, 2.24) is 10.2 Å². The van der Waals surface area contributed by atoms with Crippen molar-refractivity contribution >= 4 is 23.1 Å². The van der Waals surface area contributed by atoms with Gasteiger partial charge < -0.3 is 10.2 Å². The fraction of sp³-hybridized carbons (Fsp3) is 0.667. The van der Waals surface area contributed by atoms with E-state index in [1.807, 2.05) is 0 Å². The van der Waals surface area contributed by atoms with E-state index in [1.54, 1.807) is 0 Å². The van der Waals surface area contributed by atoms with E-state index in [9.17, 15) is 13.2 Å². The lowest BCUT2D eigenvalue weighted by atomic mass is 9.95. The molecule has 3 aliphatic rings. The third kappa shape index (κ3) is 3.61. The predicted molar refractivity (Wildman–Crippen MR) is 96.8 cm³/mol. The molecule has 1 saturated heterocycles. The molecule has 4 rings (SSSR count). The number of hydrogen-bond acceptors (Lipinski definition) is 2. The number of pyridine rings is 1. The third-order valence-electron chi connectivity index (χ3n) is 6.08. The second-order valence-corrected chi connectivity index (χ2v) is 8.05. The molecule has 3 fully saturated rings. The summed E-state index contributed by atoms with van der Waals surface area (Å²) < 4.78 is 38.0. The molecule has 0 radical (unpaired) electrons. The molecule has 1 aromatic heterocycles. The first-order valence-corrected chi connectivity index (χ1v) is 9.70. The minimum Gasteiger partial charge on any atom is -0.360 e. The molecule has 4 nitrogen and oxygen atoms in total. The number of hydrogen-bond donors (Lipinski definition) is 1. The number of halogens is 3. The van der Waals surface area contributed by atoms with Gasteiger partial charge in [0.1, 0.15) is 19.3 Å². The Hall–Kier alpha value is -1.57. The van der Waals surface area contributed by atoms with Crippen molar-refractivity contribution in [2.24, 2.45) is 11.8 Å². The summed E-state index contributed by atoms with van der Waals surface area (Å²) in [5.41, 5.74) is -0.656. The highest BCUT2D eigenvalue weighted by Gasteiger charge is 2.40. The monoisotopic (exact) mass is 385 g/mol. The van der Waals surface area contributed by atoms with Crippen molar-refractivity contribution in [2.45, 2.75) is 37.9 Å². The van der Waals surface area contributed by atoms with E-state index in [4.69, 9.17) is 12.2 Å². The van der Waals surface area contributed by atoms with Gasteiger partial charge in [0.25, 0.3) is 5.82 Å². The molecule has 2 bridgehead atoms. The number of rotatable bonds is 2. The van der Waals surface area contributed by atoms with Gasteiger partial charge in [-0.2, -0.15) is 13.2 Å². The number of piperazine rings is 1. The highest BCUT2D eigenvalue weighted by Crippen LogP contribution is 2.44. The summed E-state index contributed by atoms with van der Waals surface area (Å²) in [5, 5.41) is 4.40. The zero-order valence-corrected chi connectivity index (χ0v) is 15.4. The van der Waals surface area contributed by atoms with Gasteiger partial charge in [-0.25, -0.2) is 4.98 Å². The number of nitrogens with zero attached hydrogens (tertiary/aromatic N) is 2. The summed E-state index contributed by atoms with van der Waals surface area (Å²) in [4.78, 5) is 7.02. The summed E-state index contributed by atoms with van der Waals surface area (Å²) in [7, 11) is 0. The molecule has 8 heteroatoms. The molecule has 1 aliphatic heterocycles. The van der Waals surface area contributed by atoms with Crippen LogP contribution in [0.5, 0.6) is 0 Å². The molecule has 2 aliphatic carbocycles. The second kappa shape index (κ2) is 6.87. The Morgan fingerprint density at radius 2 is 1.88 bits per heavy atom. The fourth-order valence-electron chi connectivity index (χ4n) is 4.61. The van der Waals surface area contributed by atoms with Crippen LogP contribution in [0.15, 0.2) is 18.3 Å². The van der Waals surface area contributed by atoms with Gasteiger partial charge in [-0.3, -0.25) is 4.90 Å². The van der Waals surface area contributed by atoms with Crippen molar-refractivity contribution in [2.75, 3.05) is 31.1 Å². The maximum atomic E-state index is 12.7. The van der Waals surface area contributed by atoms with Crippen LogP contribution in [0.25, 0.3) is 0 Å². The fourth-order valence-corrected chi connectivity index (χ4v) is 4.95. The summed E-state index contributed by atoms with van der Waals surface area (Å²) in [6.45, 7) is 3.03. The van der Waals surface area contributed by atoms with E-state index in [0.717, 1.165) is 55.4 Å². The molecule has 0 aromatic carbocycles. The Morgan fingerprint density at radius 3 is 2.42 bits per heavy atom. The zero-order valence-electron chi connectivity index (χ0n) is 14.6. The average Bonchev–Trinajstić information content (AvgIpc) is 3.24. The van der Waals surface area contributed by atoms with Gasteiger partial charge in [0.15, 0.2) is 5.11 Å². The van der Waals surface area contributed by atoms with Crippen LogP contribution in [0.4, 0.5) is 19.0 Å². The van der Waals surface area contributed by atoms with Crippen LogP contribution in [0.3, 0.4) is 0 Å². The molecule has 142 valence electrons. The molecule has 1 aromatic rings. The van der Waals surface area contributed by atoms with E-state index in [2.05, 4.69) is 20.1 Å². The lowest BCUT2D eigenvalue weighted by Gasteiger charge is -2.35. The smallest absolute Gasteiger partial charge is 0.360 e. The highest BCUT2D eigenvalue weighted by molar-refractivity contribution is 7.80. The SMILES string of the molecule is FC(F)(F)c1ccc(N2CCN(C(=S)N[C@H]3C[C@@H]4CC[C@@H]3C4)CC2)[nH+]c1. The number of anilines is 1. The molecule has 0 unspecified atom stereocenters. The van der Waals surface area contributed by atoms with Crippen molar-refractivity contribution in [3.8, 4) is 0 Å². The minimum atomic E-state index is -4.31. The van der Waals surface area contributed by atoms with Crippen molar-refractivity contribution in [3.05, 3.63) is 23.9 Å². The molecule has 2 N–H and O–H groups in total. The second-order valence-electron chi connectivity index (χ2n) is 7.67. The van der Waals surface area contributed by atoms with Crippen LogP contribution in [-0.4, -0.2) is 42.2 Å². The number of thiocarbonyl (C=S) groups is 1. The summed E-state index contributed by atoms with van der Waals surface area (Å²) >= 11 is 5.60. The first-order chi connectivity index (χ1) is 12.4. The van der Waals surface area contributed by atoms with E-state index in [1.165, 1.54) is 31.7 Å². The molecule has 2 heterocycles. The molecular weight excluding hydrogens is 361 g/mol. The van der Waals surface area contributed by atoms with Crippen molar-refractivity contribution in [1.29, 1.82) is 0 Å². The number of aromatic amines is 1. The van der Waals surface area contributed by atoms with Crippen LogP contribution < -0.4 is 15.2 Å². The summed E-state index contributed by atoms with van der Waals surface area (Å²) in [6, 6.07) is 3.16. The number of aromatic nitrogens is 1. The van der Waals surface area contributed by atoms with Gasteiger partial charge in [-0.15, -0.1) is 0 Å². The van der Waals surface area contributed by atoms with Gasteiger partial charge in [0.05, 0.1) is 18.7 Å². The normalized spacial score (nSPS) is 28.5. The summed E-state index contributed by atoms with van der Waals surface area (Å²) in [5.74, 6) is 2.37. The van der Waals surface area contributed by atoms with Gasteiger partial charge in [-0.1, -0.05) is 6.42 Å². The Bertz CT molecular complexity index is 655. The first-order valence-electron chi connectivity index (χ1n) is 9.29. The van der Waals surface area contributed by atoms with Crippen LogP contribution in [0, 0.1) is 11.8 Å². The number of nitrogens with one attached hydrogen (secondary N) is 2. The highest BCUT2D eigenvalue weighted by atomic mass is 32.1. The van der Waals surface area contributed by atoms with Gasteiger partial charge >= 0.3 is 6.18 Å². The van der Waals surface area contributed by atoms with Crippen LogP contribution in [-0.2, 0) is 6.18 Å². The summed E-state index contributed by atoms with van der Waals surface area (Å²) in [6.07, 6.45) is 2.00. The number of alkyl halides is 3. The maximum absolute atomic E-state index is 12.7. The topological polar surface area (TPSA) is 32.6 Å². The van der Waals surface area contributed by atoms with Gasteiger partial charge in [0.2, 0.25) is 0 Å². The first kappa shape index (κ1) is 17.8. The quantitative estimate of drug-likeness (QED) is 0.794. The lowest BCUT2D eigenvalue weighted by molar-refractivity contribution is -0.367. The van der Waals surface area contributed by atoms with Crippen LogP contribution >= 0.6 is 12.2 Å². The van der Waals surface area contributed by atoms with E-state index in [0.29, 0.717) is 11.9 Å². The minimum absolute atomic E-state index is 0.530. The standard InChI is InChI=1S/C18H23F3N4S/c19-18(20,21)14-3-4-16(22-11-14)24-5-7-25(8-6-24)17(26)23-15-10-12-1-2-13(15)9-12/h3-4,11-13,15H,1-2,5-10H2,(H,23,26)/p+1/t12-,13-,15+/m1/s1. The lowest BCUT2D eigenvalue weighted by Crippen LogP contribution is -2.54. The third-order valence-corrected chi connectivity index (χ3v) is 6.45. The Balaban J connectivity index is 1.29. The van der Waals surface area contributed by atoms with E-state index in [-0.39, 0.29) is 0 Å². The largest absolute Gasteiger partial charge is 0.419 e. The zero-order chi connectivity index (χ0) is 18.3. The molecule has 0 amide bonds. The Morgan fingerprint density at radius 1 is 1.12 bits per heavy atom. The van der Waals surface area contributed by atoms with E-state index < -0.39 is 11.7 Å². The Kier molecular flexibility index (Phi) is 4.71. The molecule has 3 atom stereocenters. The maximum Gasteiger partial charge on any atom is 0.419 e. The Labute approximate surface area is 156 Å². The van der Waals surface area contributed by atoms with Gasteiger partial charge in [0, 0.05) is 12.1 Å². The molecule has 0 spiro atoms.